The second-order valence-electron chi connectivity index (χ2n) is 5.33. The Labute approximate surface area is 103 Å². The van der Waals surface area contributed by atoms with Crippen LogP contribution in [0.15, 0.2) is 24.3 Å². The highest BCUT2D eigenvalue weighted by molar-refractivity contribution is 5.28. The lowest BCUT2D eigenvalue weighted by molar-refractivity contribution is -0.0896. The van der Waals surface area contributed by atoms with E-state index in [1.165, 1.54) is 0 Å². The van der Waals surface area contributed by atoms with Gasteiger partial charge in [0.25, 0.3) is 0 Å². The lowest BCUT2D eigenvalue weighted by Gasteiger charge is -2.40. The van der Waals surface area contributed by atoms with E-state index in [9.17, 15) is 0 Å². The SMILES string of the molecule is COc1ccc(C2NC(C)(C)CC(C)O2)cc1. The summed E-state index contributed by atoms with van der Waals surface area (Å²) >= 11 is 0. The van der Waals surface area contributed by atoms with Crippen molar-refractivity contribution < 1.29 is 9.47 Å². The van der Waals surface area contributed by atoms with E-state index < -0.39 is 0 Å². The third-order valence-electron chi connectivity index (χ3n) is 3.11. The molecular weight excluding hydrogens is 214 g/mol. The summed E-state index contributed by atoms with van der Waals surface area (Å²) in [7, 11) is 1.68. The highest BCUT2D eigenvalue weighted by Gasteiger charge is 2.32. The first-order valence-corrected chi connectivity index (χ1v) is 6.07. The Bertz CT molecular complexity index is 372. The van der Waals surface area contributed by atoms with Crippen LogP contribution in [0.4, 0.5) is 0 Å². The number of ether oxygens (including phenoxy) is 2. The van der Waals surface area contributed by atoms with Crippen LogP contribution in [0.3, 0.4) is 0 Å². The first-order chi connectivity index (χ1) is 8.00. The molecule has 1 aliphatic heterocycles. The number of methoxy groups -OCH3 is 1. The second kappa shape index (κ2) is 4.67. The average molecular weight is 235 g/mol. The molecule has 0 aliphatic carbocycles. The van der Waals surface area contributed by atoms with E-state index in [1.807, 2.05) is 24.3 Å². The van der Waals surface area contributed by atoms with Crippen molar-refractivity contribution in [1.29, 1.82) is 0 Å². The lowest BCUT2D eigenvalue weighted by atomic mass is 9.94. The van der Waals surface area contributed by atoms with Gasteiger partial charge in [-0.05, 0) is 44.9 Å². The Kier molecular flexibility index (Phi) is 3.40. The molecule has 2 atom stereocenters. The van der Waals surface area contributed by atoms with E-state index >= 15 is 0 Å². The quantitative estimate of drug-likeness (QED) is 0.855. The molecule has 1 aliphatic rings. The topological polar surface area (TPSA) is 30.5 Å². The Balaban J connectivity index is 2.15. The molecule has 0 bridgehead atoms. The Morgan fingerprint density at radius 1 is 1.29 bits per heavy atom. The van der Waals surface area contributed by atoms with Gasteiger partial charge in [-0.15, -0.1) is 0 Å². The summed E-state index contributed by atoms with van der Waals surface area (Å²) in [5.74, 6) is 0.872. The molecule has 0 radical (unpaired) electrons. The van der Waals surface area contributed by atoms with E-state index in [0.717, 1.165) is 17.7 Å². The summed E-state index contributed by atoms with van der Waals surface area (Å²) in [4.78, 5) is 0. The molecule has 0 amide bonds. The number of hydrogen-bond acceptors (Lipinski definition) is 3. The first kappa shape index (κ1) is 12.4. The van der Waals surface area contributed by atoms with Crippen molar-refractivity contribution in [3.63, 3.8) is 0 Å². The summed E-state index contributed by atoms with van der Waals surface area (Å²) in [5, 5.41) is 3.51. The van der Waals surface area contributed by atoms with Gasteiger partial charge >= 0.3 is 0 Å². The maximum atomic E-state index is 5.93. The van der Waals surface area contributed by atoms with Gasteiger partial charge in [0.1, 0.15) is 12.0 Å². The summed E-state index contributed by atoms with van der Waals surface area (Å²) < 4.78 is 11.1. The van der Waals surface area contributed by atoms with E-state index in [2.05, 4.69) is 26.1 Å². The van der Waals surface area contributed by atoms with Crippen LogP contribution in [0.1, 0.15) is 39.0 Å². The third kappa shape index (κ3) is 2.99. The average Bonchev–Trinajstić information content (AvgIpc) is 2.26. The summed E-state index contributed by atoms with van der Waals surface area (Å²) in [6.07, 6.45) is 1.28. The minimum absolute atomic E-state index is 0.0281. The van der Waals surface area contributed by atoms with Crippen molar-refractivity contribution in [3.8, 4) is 5.75 Å². The molecule has 0 spiro atoms. The fourth-order valence-corrected chi connectivity index (χ4v) is 2.39. The Morgan fingerprint density at radius 2 is 1.94 bits per heavy atom. The molecule has 0 saturated carbocycles. The smallest absolute Gasteiger partial charge is 0.135 e. The molecule has 0 aromatic heterocycles. The molecule has 1 aromatic rings. The molecule has 2 rings (SSSR count). The number of nitrogens with one attached hydrogen (secondary N) is 1. The molecule has 2 unspecified atom stereocenters. The van der Waals surface area contributed by atoms with E-state index in [-0.39, 0.29) is 17.9 Å². The van der Waals surface area contributed by atoms with Crippen LogP contribution in [-0.4, -0.2) is 18.8 Å². The van der Waals surface area contributed by atoms with E-state index in [4.69, 9.17) is 9.47 Å². The monoisotopic (exact) mass is 235 g/mol. The van der Waals surface area contributed by atoms with Crippen molar-refractivity contribution in [2.24, 2.45) is 0 Å². The van der Waals surface area contributed by atoms with Gasteiger partial charge in [-0.3, -0.25) is 5.32 Å². The second-order valence-corrected chi connectivity index (χ2v) is 5.33. The molecule has 1 heterocycles. The molecule has 1 fully saturated rings. The molecule has 1 saturated heterocycles. The summed E-state index contributed by atoms with van der Waals surface area (Å²) in [6.45, 7) is 6.55. The number of hydrogen-bond donors (Lipinski definition) is 1. The van der Waals surface area contributed by atoms with Crippen LogP contribution >= 0.6 is 0 Å². The van der Waals surface area contributed by atoms with Crippen LogP contribution in [-0.2, 0) is 4.74 Å². The van der Waals surface area contributed by atoms with Crippen LogP contribution in [0.2, 0.25) is 0 Å². The Morgan fingerprint density at radius 3 is 2.47 bits per heavy atom. The maximum absolute atomic E-state index is 5.93. The minimum Gasteiger partial charge on any atom is -0.497 e. The first-order valence-electron chi connectivity index (χ1n) is 6.07. The Hall–Kier alpha value is -1.06. The van der Waals surface area contributed by atoms with Gasteiger partial charge in [0, 0.05) is 5.54 Å². The van der Waals surface area contributed by atoms with Crippen LogP contribution in [0, 0.1) is 0 Å². The molecule has 94 valence electrons. The molecule has 1 N–H and O–H groups in total. The van der Waals surface area contributed by atoms with Gasteiger partial charge in [-0.1, -0.05) is 12.1 Å². The highest BCUT2D eigenvalue weighted by atomic mass is 16.5. The highest BCUT2D eigenvalue weighted by Crippen LogP contribution is 2.30. The normalized spacial score (nSPS) is 27.8. The van der Waals surface area contributed by atoms with E-state index in [0.29, 0.717) is 0 Å². The van der Waals surface area contributed by atoms with Crippen molar-refractivity contribution >= 4 is 0 Å². The molecule has 3 heteroatoms. The van der Waals surface area contributed by atoms with Gasteiger partial charge in [-0.2, -0.15) is 0 Å². The summed E-state index contributed by atoms with van der Waals surface area (Å²) in [6, 6.07) is 8.02. The van der Waals surface area contributed by atoms with E-state index in [1.54, 1.807) is 7.11 Å². The summed E-state index contributed by atoms with van der Waals surface area (Å²) in [5.41, 5.74) is 1.26. The largest absolute Gasteiger partial charge is 0.497 e. The zero-order valence-corrected chi connectivity index (χ0v) is 11.0. The van der Waals surface area contributed by atoms with Crippen LogP contribution in [0.25, 0.3) is 0 Å². The van der Waals surface area contributed by atoms with Gasteiger partial charge in [0.15, 0.2) is 0 Å². The predicted molar refractivity (Wildman–Crippen MR) is 68.1 cm³/mol. The zero-order valence-electron chi connectivity index (χ0n) is 11.0. The maximum Gasteiger partial charge on any atom is 0.135 e. The third-order valence-corrected chi connectivity index (χ3v) is 3.11. The van der Waals surface area contributed by atoms with Gasteiger partial charge in [0.05, 0.1) is 13.2 Å². The van der Waals surface area contributed by atoms with Crippen molar-refractivity contribution in [2.75, 3.05) is 7.11 Å². The van der Waals surface area contributed by atoms with Crippen LogP contribution in [0.5, 0.6) is 5.75 Å². The van der Waals surface area contributed by atoms with Gasteiger partial charge < -0.3 is 9.47 Å². The standard InChI is InChI=1S/C14H21NO2/c1-10-9-14(2,3)15-13(17-10)11-5-7-12(16-4)8-6-11/h5-8,10,13,15H,9H2,1-4H3. The molecular formula is C14H21NO2. The fraction of sp³-hybridized carbons (Fsp3) is 0.571. The fourth-order valence-electron chi connectivity index (χ4n) is 2.39. The number of benzene rings is 1. The predicted octanol–water partition coefficient (Wildman–Crippen LogP) is 2.87. The molecule has 1 aromatic carbocycles. The van der Waals surface area contributed by atoms with Crippen molar-refractivity contribution in [3.05, 3.63) is 29.8 Å². The molecule has 17 heavy (non-hydrogen) atoms. The van der Waals surface area contributed by atoms with Crippen molar-refractivity contribution in [2.45, 2.75) is 45.1 Å². The number of rotatable bonds is 2. The van der Waals surface area contributed by atoms with Gasteiger partial charge in [0.2, 0.25) is 0 Å². The minimum atomic E-state index is -0.0281. The lowest BCUT2D eigenvalue weighted by Crippen LogP contribution is -2.50. The van der Waals surface area contributed by atoms with Crippen molar-refractivity contribution in [1.82, 2.24) is 5.32 Å². The molecule has 3 nitrogen and oxygen atoms in total. The van der Waals surface area contributed by atoms with Crippen LogP contribution < -0.4 is 10.1 Å². The van der Waals surface area contributed by atoms with Gasteiger partial charge in [-0.25, -0.2) is 0 Å². The zero-order chi connectivity index (χ0) is 12.5.